The minimum Gasteiger partial charge on any atom is -0.320 e. The second-order valence-electron chi connectivity index (χ2n) is 2.28. The quantitative estimate of drug-likeness (QED) is 0.253. The molecular weight excluding hydrogens is 140 g/mol. The summed E-state index contributed by atoms with van der Waals surface area (Å²) in [6, 6.07) is 2.35. The van der Waals surface area contributed by atoms with Crippen molar-refractivity contribution in [1.29, 1.82) is 0 Å². The standard InChI is InChI=1S/C7H16N4/c1-9-5-3-2-4-6-10-7-11-8/h9H,2-6,8H2,1H3. The number of rotatable bonds is 6. The highest BCUT2D eigenvalue weighted by molar-refractivity contribution is 5.40. The third-order valence-corrected chi connectivity index (χ3v) is 1.33. The lowest BCUT2D eigenvalue weighted by molar-refractivity contribution is 0.649. The monoisotopic (exact) mass is 156 g/mol. The summed E-state index contributed by atoms with van der Waals surface area (Å²) in [5, 5.41) is 6.23. The lowest BCUT2D eigenvalue weighted by Gasteiger charge is -1.95. The third kappa shape index (κ3) is 9.14. The fourth-order valence-electron chi connectivity index (χ4n) is 0.760. The van der Waals surface area contributed by atoms with Gasteiger partial charge in [-0.15, -0.1) is 5.10 Å². The fraction of sp³-hybridized carbons (Fsp3) is 0.857. The van der Waals surface area contributed by atoms with Crippen LogP contribution in [0, 0.1) is 0 Å². The Bertz CT molecular complexity index is 126. The fourth-order valence-corrected chi connectivity index (χ4v) is 0.760. The first-order valence-corrected chi connectivity index (χ1v) is 3.88. The van der Waals surface area contributed by atoms with E-state index in [0.29, 0.717) is 0 Å². The molecule has 0 rings (SSSR count). The van der Waals surface area contributed by atoms with Crippen LogP contribution in [0.5, 0.6) is 0 Å². The number of unbranched alkanes of at least 4 members (excludes halogenated alkanes) is 2. The lowest BCUT2D eigenvalue weighted by Crippen LogP contribution is -2.07. The van der Waals surface area contributed by atoms with E-state index in [1.807, 2.05) is 7.05 Å². The molecule has 0 fully saturated rings. The van der Waals surface area contributed by atoms with Gasteiger partial charge in [0.2, 0.25) is 0 Å². The van der Waals surface area contributed by atoms with E-state index < -0.39 is 0 Å². The van der Waals surface area contributed by atoms with Gasteiger partial charge in [0, 0.05) is 6.54 Å². The van der Waals surface area contributed by atoms with Crippen LogP contribution in [0.3, 0.4) is 0 Å². The zero-order valence-corrected chi connectivity index (χ0v) is 7.01. The normalized spacial score (nSPS) is 8.82. The molecule has 64 valence electrons. The Labute approximate surface area is 67.6 Å². The van der Waals surface area contributed by atoms with Crippen molar-refractivity contribution < 1.29 is 0 Å². The van der Waals surface area contributed by atoms with Crippen LogP contribution in [-0.4, -0.2) is 26.1 Å². The van der Waals surface area contributed by atoms with Crippen LogP contribution >= 0.6 is 0 Å². The molecule has 0 aliphatic heterocycles. The molecule has 0 aliphatic rings. The van der Waals surface area contributed by atoms with Gasteiger partial charge in [0.05, 0.1) is 0 Å². The van der Waals surface area contributed by atoms with Gasteiger partial charge in [-0.3, -0.25) is 0 Å². The summed E-state index contributed by atoms with van der Waals surface area (Å²) in [5.74, 6) is 4.80. The zero-order valence-electron chi connectivity index (χ0n) is 7.01. The molecule has 0 spiro atoms. The van der Waals surface area contributed by atoms with Gasteiger partial charge >= 0.3 is 0 Å². The minimum atomic E-state index is 0.782. The summed E-state index contributed by atoms with van der Waals surface area (Å²) in [7, 11) is 1.96. The van der Waals surface area contributed by atoms with Crippen LogP contribution in [-0.2, 0) is 0 Å². The summed E-state index contributed by atoms with van der Waals surface area (Å²) in [5.41, 5.74) is 0. The molecule has 0 aromatic rings. The number of hydrogen-bond acceptors (Lipinski definition) is 4. The van der Waals surface area contributed by atoms with E-state index in [9.17, 15) is 0 Å². The molecule has 0 saturated heterocycles. The molecule has 0 atom stereocenters. The highest BCUT2D eigenvalue weighted by Gasteiger charge is 1.85. The van der Waals surface area contributed by atoms with Crippen LogP contribution in [0.1, 0.15) is 19.3 Å². The Morgan fingerprint density at radius 1 is 1.36 bits per heavy atom. The highest BCUT2D eigenvalue weighted by atomic mass is 15.1. The van der Waals surface area contributed by atoms with Crippen molar-refractivity contribution in [2.24, 2.45) is 15.9 Å². The summed E-state index contributed by atoms with van der Waals surface area (Å²) in [4.78, 5) is 3.83. The molecule has 4 nitrogen and oxygen atoms in total. The molecule has 0 aliphatic carbocycles. The van der Waals surface area contributed by atoms with Gasteiger partial charge in [0.15, 0.2) is 0 Å². The molecule has 3 N–H and O–H groups in total. The molecular formula is C7H16N4. The third-order valence-electron chi connectivity index (χ3n) is 1.33. The van der Waals surface area contributed by atoms with Crippen LogP contribution < -0.4 is 11.2 Å². The van der Waals surface area contributed by atoms with Crippen LogP contribution in [0.2, 0.25) is 0 Å². The Balaban J connectivity index is 2.96. The molecule has 0 saturated carbocycles. The van der Waals surface area contributed by atoms with Gasteiger partial charge in [-0.25, -0.2) is 4.99 Å². The van der Waals surface area contributed by atoms with Crippen molar-refractivity contribution in [3.8, 4) is 0 Å². The first-order valence-electron chi connectivity index (χ1n) is 3.88. The van der Waals surface area contributed by atoms with Crippen molar-refractivity contribution in [2.75, 3.05) is 20.1 Å². The van der Waals surface area contributed by atoms with Crippen LogP contribution in [0.25, 0.3) is 0 Å². The highest BCUT2D eigenvalue weighted by Crippen LogP contribution is 1.92. The van der Waals surface area contributed by atoms with Gasteiger partial charge in [0.1, 0.15) is 6.01 Å². The predicted molar refractivity (Wildman–Crippen MR) is 46.7 cm³/mol. The first-order chi connectivity index (χ1) is 5.41. The van der Waals surface area contributed by atoms with Crippen molar-refractivity contribution in [2.45, 2.75) is 19.3 Å². The molecule has 0 aromatic heterocycles. The Kier molecular flexibility index (Phi) is 8.43. The topological polar surface area (TPSA) is 62.8 Å². The molecule has 0 bridgehead atoms. The van der Waals surface area contributed by atoms with E-state index in [-0.39, 0.29) is 0 Å². The molecule has 11 heavy (non-hydrogen) atoms. The van der Waals surface area contributed by atoms with Crippen molar-refractivity contribution in [3.05, 3.63) is 0 Å². The number of hydrazone groups is 1. The summed E-state index contributed by atoms with van der Waals surface area (Å²) >= 11 is 0. The first kappa shape index (κ1) is 10.1. The number of nitrogens with two attached hydrogens (primary N) is 1. The van der Waals surface area contributed by atoms with Crippen molar-refractivity contribution in [1.82, 2.24) is 5.32 Å². The van der Waals surface area contributed by atoms with Gasteiger partial charge in [0.25, 0.3) is 0 Å². The molecule has 0 heterocycles. The lowest BCUT2D eigenvalue weighted by atomic mass is 10.2. The molecule has 0 aromatic carbocycles. The van der Waals surface area contributed by atoms with E-state index in [0.717, 1.165) is 19.5 Å². The Morgan fingerprint density at radius 3 is 2.82 bits per heavy atom. The van der Waals surface area contributed by atoms with Crippen molar-refractivity contribution in [3.63, 3.8) is 0 Å². The average Bonchev–Trinajstić information content (AvgIpc) is 2.03. The van der Waals surface area contributed by atoms with Crippen LogP contribution in [0.4, 0.5) is 0 Å². The Hall–Kier alpha value is -0.860. The van der Waals surface area contributed by atoms with Gasteiger partial charge in [-0.05, 0) is 26.4 Å². The molecule has 0 amide bonds. The average molecular weight is 156 g/mol. The summed E-state index contributed by atoms with van der Waals surface area (Å²) in [6.45, 7) is 1.86. The maximum atomic E-state index is 4.80. The largest absolute Gasteiger partial charge is 0.320 e. The van der Waals surface area contributed by atoms with E-state index in [1.165, 1.54) is 12.8 Å². The van der Waals surface area contributed by atoms with Crippen molar-refractivity contribution >= 4 is 6.01 Å². The number of nitrogens with zero attached hydrogens (tertiary/aromatic N) is 2. The SMILES string of the molecule is CNCCCCCN=C=NN. The number of nitrogens with one attached hydrogen (secondary N) is 1. The second-order valence-corrected chi connectivity index (χ2v) is 2.28. The van der Waals surface area contributed by atoms with Gasteiger partial charge in [-0.1, -0.05) is 6.42 Å². The van der Waals surface area contributed by atoms with E-state index >= 15 is 0 Å². The number of hydrogen-bond donors (Lipinski definition) is 2. The van der Waals surface area contributed by atoms with Crippen LogP contribution in [0.15, 0.2) is 10.1 Å². The van der Waals surface area contributed by atoms with E-state index in [1.54, 1.807) is 0 Å². The van der Waals surface area contributed by atoms with Gasteiger partial charge < -0.3 is 11.2 Å². The van der Waals surface area contributed by atoms with E-state index in [4.69, 9.17) is 5.84 Å². The zero-order chi connectivity index (χ0) is 8.36. The maximum Gasteiger partial charge on any atom is 0.114 e. The smallest absolute Gasteiger partial charge is 0.114 e. The summed E-state index contributed by atoms with van der Waals surface area (Å²) < 4.78 is 0. The van der Waals surface area contributed by atoms with E-state index in [2.05, 4.69) is 21.4 Å². The predicted octanol–water partition coefficient (Wildman–Crippen LogP) is 0.424. The molecule has 0 unspecified atom stereocenters. The molecule has 0 radical (unpaired) electrons. The summed E-state index contributed by atoms with van der Waals surface area (Å²) in [6.07, 6.45) is 3.48. The van der Waals surface area contributed by atoms with Gasteiger partial charge in [-0.2, -0.15) is 0 Å². The maximum absolute atomic E-state index is 4.80. The number of aliphatic imine (C=N–C) groups is 1. The Morgan fingerprint density at radius 2 is 2.18 bits per heavy atom. The second kappa shape index (κ2) is 9.14. The molecule has 4 heteroatoms. The minimum absolute atomic E-state index is 0.782.